The average Bonchev–Trinajstić information content (AvgIpc) is 2.65. The SMILES string of the molecule is CC(=O)N[C@H]1[C@H]([C@H](O)[C@H](O)CO)OC(C(=O)O)=C[C@@H]1OCC1CCCCC1. The largest absolute Gasteiger partial charge is 0.478 e. The molecule has 0 saturated heterocycles. The van der Waals surface area contributed by atoms with E-state index in [0.29, 0.717) is 12.5 Å². The molecule has 1 amide bonds. The molecule has 5 atom stereocenters. The normalized spacial score (nSPS) is 28.6. The fourth-order valence-electron chi connectivity index (χ4n) is 3.58. The van der Waals surface area contributed by atoms with E-state index in [9.17, 15) is 24.9 Å². The minimum Gasteiger partial charge on any atom is -0.478 e. The lowest BCUT2D eigenvalue weighted by Gasteiger charge is -2.40. The van der Waals surface area contributed by atoms with Crippen LogP contribution in [0.25, 0.3) is 0 Å². The number of aliphatic hydroxyl groups excluding tert-OH is 3. The van der Waals surface area contributed by atoms with Gasteiger partial charge < -0.3 is 35.2 Å². The number of carboxylic acid groups (broad SMARTS) is 1. The second-order valence-electron chi connectivity index (χ2n) is 7.19. The van der Waals surface area contributed by atoms with Crippen molar-refractivity contribution >= 4 is 11.9 Å². The second-order valence-corrected chi connectivity index (χ2v) is 7.19. The summed E-state index contributed by atoms with van der Waals surface area (Å²) in [6.07, 6.45) is 1.45. The van der Waals surface area contributed by atoms with Crippen molar-refractivity contribution in [2.75, 3.05) is 13.2 Å². The smallest absolute Gasteiger partial charge is 0.370 e. The van der Waals surface area contributed by atoms with Crippen LogP contribution in [0.2, 0.25) is 0 Å². The third-order valence-electron chi connectivity index (χ3n) is 5.03. The highest BCUT2D eigenvalue weighted by Gasteiger charge is 2.44. The van der Waals surface area contributed by atoms with Gasteiger partial charge in [-0.05, 0) is 24.8 Å². The van der Waals surface area contributed by atoms with Gasteiger partial charge in [0.05, 0.1) is 19.3 Å². The zero-order valence-electron chi connectivity index (χ0n) is 15.4. The number of carbonyl (C=O) groups is 2. The highest BCUT2D eigenvalue weighted by atomic mass is 16.5. The molecule has 27 heavy (non-hydrogen) atoms. The molecule has 154 valence electrons. The zero-order chi connectivity index (χ0) is 20.0. The van der Waals surface area contributed by atoms with Gasteiger partial charge in [0.1, 0.15) is 18.3 Å². The van der Waals surface area contributed by atoms with Crippen LogP contribution in [0.5, 0.6) is 0 Å². The van der Waals surface area contributed by atoms with Crippen LogP contribution in [-0.4, -0.2) is 76.0 Å². The van der Waals surface area contributed by atoms with Crippen LogP contribution in [0, 0.1) is 5.92 Å². The molecular weight excluding hydrogens is 358 g/mol. The van der Waals surface area contributed by atoms with Gasteiger partial charge in [0.15, 0.2) is 6.10 Å². The molecule has 9 heteroatoms. The number of hydrogen-bond donors (Lipinski definition) is 5. The summed E-state index contributed by atoms with van der Waals surface area (Å²) in [5.74, 6) is -1.84. The van der Waals surface area contributed by atoms with Gasteiger partial charge in [-0.15, -0.1) is 0 Å². The number of hydrogen-bond acceptors (Lipinski definition) is 7. The predicted molar refractivity (Wildman–Crippen MR) is 93.6 cm³/mol. The first-order chi connectivity index (χ1) is 12.8. The minimum atomic E-state index is -1.62. The van der Waals surface area contributed by atoms with Gasteiger partial charge in [-0.3, -0.25) is 4.79 Å². The number of amides is 1. The molecule has 0 spiro atoms. The molecule has 1 heterocycles. The van der Waals surface area contributed by atoms with Crippen LogP contribution >= 0.6 is 0 Å². The molecular formula is C18H29NO8. The molecule has 9 nitrogen and oxygen atoms in total. The summed E-state index contributed by atoms with van der Waals surface area (Å²) in [5, 5.41) is 41.1. The maximum Gasteiger partial charge on any atom is 0.370 e. The summed E-state index contributed by atoms with van der Waals surface area (Å²) >= 11 is 0. The molecule has 5 N–H and O–H groups in total. The van der Waals surface area contributed by atoms with E-state index in [4.69, 9.17) is 14.6 Å². The number of carboxylic acids is 1. The first-order valence-electron chi connectivity index (χ1n) is 9.31. The quantitative estimate of drug-likeness (QED) is 0.376. The van der Waals surface area contributed by atoms with Crippen LogP contribution in [0.3, 0.4) is 0 Å². The Balaban J connectivity index is 2.21. The Kier molecular flexibility index (Phi) is 8.03. The number of nitrogens with one attached hydrogen (secondary N) is 1. The molecule has 1 saturated carbocycles. The van der Waals surface area contributed by atoms with Gasteiger partial charge in [-0.2, -0.15) is 0 Å². The van der Waals surface area contributed by atoms with Crippen molar-refractivity contribution in [1.82, 2.24) is 5.32 Å². The van der Waals surface area contributed by atoms with E-state index in [0.717, 1.165) is 25.7 Å². The summed E-state index contributed by atoms with van der Waals surface area (Å²) in [5.41, 5.74) is 0. The number of ether oxygens (including phenoxy) is 2. The maximum absolute atomic E-state index is 11.6. The molecule has 0 radical (unpaired) electrons. The maximum atomic E-state index is 11.6. The van der Waals surface area contributed by atoms with Crippen LogP contribution in [-0.2, 0) is 19.1 Å². The number of carbonyl (C=O) groups excluding carboxylic acids is 1. The van der Waals surface area contributed by atoms with Crippen molar-refractivity contribution < 1.29 is 39.5 Å². The Hall–Kier alpha value is -1.68. The number of aliphatic hydroxyl groups is 3. The molecule has 0 aromatic carbocycles. The molecule has 1 aliphatic heterocycles. The predicted octanol–water partition coefficient (Wildman–Crippen LogP) is -0.462. The fraction of sp³-hybridized carbons (Fsp3) is 0.778. The third-order valence-corrected chi connectivity index (χ3v) is 5.03. The Labute approximate surface area is 158 Å². The topological polar surface area (TPSA) is 146 Å². The van der Waals surface area contributed by atoms with Gasteiger partial charge in [0.25, 0.3) is 0 Å². The van der Waals surface area contributed by atoms with Crippen LogP contribution in [0.15, 0.2) is 11.8 Å². The fourth-order valence-corrected chi connectivity index (χ4v) is 3.58. The second kappa shape index (κ2) is 10.0. The first kappa shape index (κ1) is 21.6. The molecule has 0 aromatic heterocycles. The van der Waals surface area contributed by atoms with E-state index < -0.39 is 54.7 Å². The van der Waals surface area contributed by atoms with Gasteiger partial charge in [-0.25, -0.2) is 4.79 Å². The molecule has 0 unspecified atom stereocenters. The number of aliphatic carboxylic acids is 1. The standard InChI is InChI=1S/C18H29NO8/c1-10(21)19-15-13(26-9-11-5-3-2-4-6-11)7-14(18(24)25)27-17(15)16(23)12(22)8-20/h7,11-13,15-17,20,22-23H,2-6,8-9H2,1H3,(H,19,21)(H,24,25)/t12-,13+,15-,16-,17-/m1/s1. The van der Waals surface area contributed by atoms with Crippen LogP contribution in [0.1, 0.15) is 39.0 Å². The number of rotatable bonds is 8. The van der Waals surface area contributed by atoms with Gasteiger partial charge in [0, 0.05) is 6.92 Å². The summed E-state index contributed by atoms with van der Waals surface area (Å²) in [6.45, 7) is 0.934. The summed E-state index contributed by atoms with van der Waals surface area (Å²) in [4.78, 5) is 23.0. The molecule has 0 aromatic rings. The van der Waals surface area contributed by atoms with Crippen molar-refractivity contribution in [2.24, 2.45) is 5.92 Å². The van der Waals surface area contributed by atoms with E-state index in [1.807, 2.05) is 0 Å². The summed E-state index contributed by atoms with van der Waals surface area (Å²) in [6, 6.07) is -0.912. The van der Waals surface area contributed by atoms with E-state index in [-0.39, 0.29) is 0 Å². The first-order valence-corrected chi connectivity index (χ1v) is 9.31. The molecule has 1 aliphatic carbocycles. The van der Waals surface area contributed by atoms with E-state index >= 15 is 0 Å². The third kappa shape index (κ3) is 5.90. The van der Waals surface area contributed by atoms with Crippen molar-refractivity contribution in [3.8, 4) is 0 Å². The highest BCUT2D eigenvalue weighted by molar-refractivity contribution is 5.84. The van der Waals surface area contributed by atoms with Crippen LogP contribution in [0.4, 0.5) is 0 Å². The van der Waals surface area contributed by atoms with Crippen molar-refractivity contribution in [3.05, 3.63) is 11.8 Å². The summed E-state index contributed by atoms with van der Waals surface area (Å²) in [7, 11) is 0. The highest BCUT2D eigenvalue weighted by Crippen LogP contribution is 2.28. The molecule has 1 fully saturated rings. The Morgan fingerprint density at radius 2 is 1.96 bits per heavy atom. The molecule has 2 rings (SSSR count). The van der Waals surface area contributed by atoms with Crippen LogP contribution < -0.4 is 5.32 Å². The van der Waals surface area contributed by atoms with Crippen molar-refractivity contribution in [1.29, 1.82) is 0 Å². The van der Waals surface area contributed by atoms with Gasteiger partial charge in [-0.1, -0.05) is 19.3 Å². The zero-order valence-corrected chi connectivity index (χ0v) is 15.4. The lowest BCUT2D eigenvalue weighted by atomic mass is 9.89. The Morgan fingerprint density at radius 3 is 2.52 bits per heavy atom. The average molecular weight is 387 g/mol. The van der Waals surface area contributed by atoms with Gasteiger partial charge >= 0.3 is 5.97 Å². The molecule has 0 bridgehead atoms. The van der Waals surface area contributed by atoms with E-state index in [2.05, 4.69) is 5.32 Å². The Bertz CT molecular complexity index is 545. The van der Waals surface area contributed by atoms with Crippen molar-refractivity contribution in [2.45, 2.75) is 69.5 Å². The molecule has 2 aliphatic rings. The lowest BCUT2D eigenvalue weighted by molar-refractivity contribution is -0.152. The van der Waals surface area contributed by atoms with E-state index in [1.165, 1.54) is 19.4 Å². The lowest BCUT2D eigenvalue weighted by Crippen LogP contribution is -2.60. The summed E-state index contributed by atoms with van der Waals surface area (Å²) < 4.78 is 11.2. The Morgan fingerprint density at radius 1 is 1.30 bits per heavy atom. The van der Waals surface area contributed by atoms with E-state index in [1.54, 1.807) is 0 Å². The monoisotopic (exact) mass is 387 g/mol. The minimum absolute atomic E-state index is 0.354. The van der Waals surface area contributed by atoms with Gasteiger partial charge in [0.2, 0.25) is 11.7 Å². The van der Waals surface area contributed by atoms with Crippen molar-refractivity contribution in [3.63, 3.8) is 0 Å².